The van der Waals surface area contributed by atoms with Gasteiger partial charge >= 0.3 is 0 Å². The number of benzene rings is 2. The number of fused-ring (bicyclic) bond motifs is 1. The fourth-order valence-electron chi connectivity index (χ4n) is 2.89. The van der Waals surface area contributed by atoms with E-state index in [1.54, 1.807) is 12.3 Å². The molecule has 0 saturated carbocycles. The minimum absolute atomic E-state index is 0.225. The summed E-state index contributed by atoms with van der Waals surface area (Å²) < 4.78 is 12.0. The molecule has 134 valence electrons. The smallest absolute Gasteiger partial charge is 0.195 e. The molecule has 0 unspecified atom stereocenters. The van der Waals surface area contributed by atoms with Crippen LogP contribution in [0.15, 0.2) is 77.3 Å². The molecule has 4 nitrogen and oxygen atoms in total. The Kier molecular flexibility index (Phi) is 4.71. The first-order chi connectivity index (χ1) is 13.2. The summed E-state index contributed by atoms with van der Waals surface area (Å²) >= 11 is 0. The topological polar surface area (TPSA) is 52.3 Å². The number of carbonyl (C=O) groups excluding carboxylic acids is 1. The second kappa shape index (κ2) is 7.46. The van der Waals surface area contributed by atoms with Gasteiger partial charge < -0.3 is 9.15 Å². The number of carbonyl (C=O) groups is 1. The Labute approximate surface area is 157 Å². The lowest BCUT2D eigenvalue weighted by Gasteiger charge is -2.07. The van der Waals surface area contributed by atoms with E-state index in [9.17, 15) is 4.79 Å². The van der Waals surface area contributed by atoms with E-state index in [4.69, 9.17) is 9.15 Å². The minimum Gasteiger partial charge on any atom is -0.453 e. The molecule has 0 aliphatic carbocycles. The summed E-state index contributed by atoms with van der Waals surface area (Å²) in [6, 6.07) is 21.2. The number of ketones is 1. The summed E-state index contributed by atoms with van der Waals surface area (Å²) in [7, 11) is 0. The van der Waals surface area contributed by atoms with Crippen LogP contribution in [0.25, 0.3) is 22.4 Å². The molecule has 0 spiro atoms. The molecule has 0 N–H and O–H groups in total. The van der Waals surface area contributed by atoms with E-state index in [0.717, 1.165) is 22.4 Å². The number of Topliss-reactive ketones (excluding diaryl/α,β-unsaturated/α-hetero) is 1. The van der Waals surface area contributed by atoms with Gasteiger partial charge in [0.2, 0.25) is 0 Å². The van der Waals surface area contributed by atoms with E-state index < -0.39 is 0 Å². The van der Waals surface area contributed by atoms with Gasteiger partial charge in [-0.25, -0.2) is 0 Å². The molecule has 2 aromatic carbocycles. The van der Waals surface area contributed by atoms with Gasteiger partial charge in [0, 0.05) is 36.7 Å². The van der Waals surface area contributed by atoms with Crippen molar-refractivity contribution in [1.29, 1.82) is 0 Å². The number of aromatic nitrogens is 1. The average molecular weight is 357 g/mol. The first-order valence-corrected chi connectivity index (χ1v) is 8.95. The molecule has 2 aromatic heterocycles. The van der Waals surface area contributed by atoms with Crippen LogP contribution in [0.1, 0.15) is 18.9 Å². The highest BCUT2D eigenvalue weighted by atomic mass is 16.5. The Balaban J connectivity index is 1.60. The van der Waals surface area contributed by atoms with Crippen molar-refractivity contribution in [3.63, 3.8) is 0 Å². The van der Waals surface area contributed by atoms with Crippen LogP contribution in [0.5, 0.6) is 11.5 Å². The number of hydrogen-bond donors (Lipinski definition) is 0. The van der Waals surface area contributed by atoms with Crippen molar-refractivity contribution in [3.8, 4) is 22.8 Å². The summed E-state index contributed by atoms with van der Waals surface area (Å²) in [5.41, 5.74) is 3.34. The molecule has 4 heteroatoms. The van der Waals surface area contributed by atoms with Crippen LogP contribution >= 0.6 is 0 Å². The minimum atomic E-state index is 0.225. The second-order valence-corrected chi connectivity index (χ2v) is 6.32. The molecule has 0 aliphatic rings. The summed E-state index contributed by atoms with van der Waals surface area (Å²) in [5.74, 6) is 2.28. The van der Waals surface area contributed by atoms with Crippen molar-refractivity contribution < 1.29 is 13.9 Å². The predicted molar refractivity (Wildman–Crippen MR) is 105 cm³/mol. The highest BCUT2D eigenvalue weighted by molar-refractivity contribution is 5.84. The number of hydrogen-bond acceptors (Lipinski definition) is 4. The molecule has 0 atom stereocenters. The summed E-state index contributed by atoms with van der Waals surface area (Å²) in [4.78, 5) is 15.9. The highest BCUT2D eigenvalue weighted by Crippen LogP contribution is 2.34. The van der Waals surface area contributed by atoms with Crippen molar-refractivity contribution in [3.05, 3.63) is 78.5 Å². The molecule has 0 radical (unpaired) electrons. The van der Waals surface area contributed by atoms with Crippen LogP contribution in [-0.2, 0) is 11.2 Å². The van der Waals surface area contributed by atoms with Crippen molar-refractivity contribution in [2.45, 2.75) is 19.8 Å². The van der Waals surface area contributed by atoms with Crippen molar-refractivity contribution in [2.75, 3.05) is 0 Å². The van der Waals surface area contributed by atoms with Crippen LogP contribution in [0.3, 0.4) is 0 Å². The van der Waals surface area contributed by atoms with Gasteiger partial charge in [-0.1, -0.05) is 49.4 Å². The van der Waals surface area contributed by atoms with Gasteiger partial charge in [-0.15, -0.1) is 0 Å². The third-order valence-electron chi connectivity index (χ3n) is 4.38. The van der Waals surface area contributed by atoms with E-state index in [-0.39, 0.29) is 5.78 Å². The van der Waals surface area contributed by atoms with E-state index in [1.165, 1.54) is 0 Å². The molecule has 27 heavy (non-hydrogen) atoms. The Hall–Kier alpha value is -3.40. The maximum atomic E-state index is 11.6. The van der Waals surface area contributed by atoms with Crippen molar-refractivity contribution in [1.82, 2.24) is 4.98 Å². The average Bonchev–Trinajstić information content (AvgIpc) is 3.15. The first-order valence-electron chi connectivity index (χ1n) is 8.95. The molecule has 0 amide bonds. The molecule has 0 bridgehead atoms. The highest BCUT2D eigenvalue weighted by Gasteiger charge is 2.12. The molecule has 2 heterocycles. The largest absolute Gasteiger partial charge is 0.453 e. The van der Waals surface area contributed by atoms with Gasteiger partial charge in [0.05, 0.1) is 0 Å². The van der Waals surface area contributed by atoms with Gasteiger partial charge in [-0.2, -0.15) is 0 Å². The predicted octanol–water partition coefficient (Wildman–Crippen LogP) is 5.81. The number of furan rings is 1. The SMILES string of the molecule is CCC(=O)Cc1ccc(Oc2ccnc3cc(-c4ccccc4)oc23)cc1. The third kappa shape index (κ3) is 3.75. The molecule has 4 rings (SSSR count). The van der Waals surface area contributed by atoms with Crippen molar-refractivity contribution >= 4 is 16.9 Å². The monoisotopic (exact) mass is 357 g/mol. The van der Waals surface area contributed by atoms with Gasteiger partial charge in [-0.3, -0.25) is 9.78 Å². The van der Waals surface area contributed by atoms with Crippen LogP contribution in [0.4, 0.5) is 0 Å². The first kappa shape index (κ1) is 17.0. The van der Waals surface area contributed by atoms with E-state index in [1.807, 2.05) is 67.6 Å². The lowest BCUT2D eigenvalue weighted by molar-refractivity contribution is -0.118. The van der Waals surface area contributed by atoms with Crippen LogP contribution < -0.4 is 4.74 Å². The number of ether oxygens (including phenoxy) is 1. The number of nitrogens with zero attached hydrogens (tertiary/aromatic N) is 1. The van der Waals surface area contributed by atoms with E-state index in [0.29, 0.717) is 29.9 Å². The maximum absolute atomic E-state index is 11.6. The summed E-state index contributed by atoms with van der Waals surface area (Å²) in [5, 5.41) is 0. The zero-order valence-electron chi connectivity index (χ0n) is 15.0. The number of rotatable bonds is 6. The Morgan fingerprint density at radius 1 is 1.04 bits per heavy atom. The molecule has 4 aromatic rings. The third-order valence-corrected chi connectivity index (χ3v) is 4.38. The fourth-order valence-corrected chi connectivity index (χ4v) is 2.89. The standard InChI is InChI=1S/C23H19NO3/c1-2-18(25)14-16-8-10-19(11-9-16)26-21-12-13-24-20-15-22(27-23(20)21)17-6-4-3-5-7-17/h3-13,15H,2,14H2,1H3. The van der Waals surface area contributed by atoms with Crippen LogP contribution in [0.2, 0.25) is 0 Å². The van der Waals surface area contributed by atoms with Crippen LogP contribution in [-0.4, -0.2) is 10.8 Å². The zero-order chi connectivity index (χ0) is 18.6. The fraction of sp³-hybridized carbons (Fsp3) is 0.130. The molecular formula is C23H19NO3. The second-order valence-electron chi connectivity index (χ2n) is 6.32. The van der Waals surface area contributed by atoms with E-state index in [2.05, 4.69) is 4.98 Å². The Bertz CT molecular complexity index is 1070. The quantitative estimate of drug-likeness (QED) is 0.437. The maximum Gasteiger partial charge on any atom is 0.195 e. The van der Waals surface area contributed by atoms with Gasteiger partial charge in [-0.05, 0) is 17.7 Å². The Morgan fingerprint density at radius 2 is 1.81 bits per heavy atom. The zero-order valence-corrected chi connectivity index (χ0v) is 15.0. The van der Waals surface area contributed by atoms with Crippen molar-refractivity contribution in [2.24, 2.45) is 0 Å². The van der Waals surface area contributed by atoms with Gasteiger partial charge in [0.25, 0.3) is 0 Å². The molecule has 0 saturated heterocycles. The molecular weight excluding hydrogens is 338 g/mol. The van der Waals surface area contributed by atoms with Gasteiger partial charge in [0.15, 0.2) is 11.3 Å². The summed E-state index contributed by atoms with van der Waals surface area (Å²) in [6.07, 6.45) is 2.71. The van der Waals surface area contributed by atoms with Crippen LogP contribution in [0, 0.1) is 0 Å². The Morgan fingerprint density at radius 3 is 2.56 bits per heavy atom. The number of pyridine rings is 1. The van der Waals surface area contributed by atoms with Gasteiger partial charge in [0.1, 0.15) is 22.8 Å². The molecule has 0 fully saturated rings. The van der Waals surface area contributed by atoms with E-state index >= 15 is 0 Å². The molecule has 0 aliphatic heterocycles. The summed E-state index contributed by atoms with van der Waals surface area (Å²) in [6.45, 7) is 1.88. The lowest BCUT2D eigenvalue weighted by atomic mass is 10.1. The normalized spacial score (nSPS) is 10.9. The lowest BCUT2D eigenvalue weighted by Crippen LogP contribution is -1.99.